The molecule has 0 heterocycles. The summed E-state index contributed by atoms with van der Waals surface area (Å²) in [6.45, 7) is 1.75. The molecular weight excluding hydrogens is 265 g/mol. The van der Waals surface area contributed by atoms with E-state index >= 15 is 0 Å². The second-order valence-corrected chi connectivity index (χ2v) is 3.48. The third-order valence-corrected chi connectivity index (χ3v) is 2.14. The maximum Gasteiger partial charge on any atom is 0.573 e. The van der Waals surface area contributed by atoms with Gasteiger partial charge in [0.25, 0.3) is 0 Å². The molecule has 0 aromatic heterocycles. The van der Waals surface area contributed by atoms with Crippen LogP contribution >= 0.6 is 0 Å². The number of benzene rings is 1. The number of hydrogen-bond acceptors (Lipinski definition) is 4. The summed E-state index contributed by atoms with van der Waals surface area (Å²) >= 11 is 0. The largest absolute Gasteiger partial charge is 0.573 e. The predicted octanol–water partition coefficient (Wildman–Crippen LogP) is 2.50. The molecule has 1 aromatic rings. The zero-order valence-corrected chi connectivity index (χ0v) is 9.99. The Labute approximate surface area is 107 Å². The molecule has 7 heteroatoms. The van der Waals surface area contributed by atoms with Crippen LogP contribution in [0.1, 0.15) is 22.8 Å². The van der Waals surface area contributed by atoms with Crippen molar-refractivity contribution in [2.24, 2.45) is 0 Å². The van der Waals surface area contributed by atoms with E-state index < -0.39 is 18.1 Å². The first-order chi connectivity index (χ1) is 8.87. The normalized spacial score (nSPS) is 10.9. The smallest absolute Gasteiger partial charge is 0.466 e. The highest BCUT2D eigenvalue weighted by Crippen LogP contribution is 2.27. The number of hydrogen-bond donors (Lipinski definition) is 0. The van der Waals surface area contributed by atoms with Crippen molar-refractivity contribution in [1.82, 2.24) is 0 Å². The zero-order chi connectivity index (χ0) is 14.5. The Hall–Kier alpha value is -2.05. The van der Waals surface area contributed by atoms with E-state index in [4.69, 9.17) is 0 Å². The molecule has 1 rings (SSSR count). The summed E-state index contributed by atoms with van der Waals surface area (Å²) < 4.78 is 44.8. The molecule has 0 unspecified atom stereocenters. The maximum atomic E-state index is 12.1. The van der Waals surface area contributed by atoms with Gasteiger partial charge in [-0.2, -0.15) is 0 Å². The van der Waals surface area contributed by atoms with E-state index in [-0.39, 0.29) is 30.4 Å². The number of esters is 1. The molecule has 0 atom stereocenters. The van der Waals surface area contributed by atoms with E-state index in [1.165, 1.54) is 12.1 Å². The van der Waals surface area contributed by atoms with Crippen LogP contribution in [0.5, 0.6) is 5.75 Å². The molecular formula is C12H11F3O4. The van der Waals surface area contributed by atoms with E-state index in [0.717, 1.165) is 6.07 Å². The quantitative estimate of drug-likeness (QED) is 0.612. The van der Waals surface area contributed by atoms with Crippen LogP contribution in [0.15, 0.2) is 18.2 Å². The standard InChI is InChI=1S/C12H11F3O4/c1-2-18-11(17)6-8-4-3-5-10(9(8)7-16)19-12(13,14)15/h3-5,7H,2,6H2,1H3. The van der Waals surface area contributed by atoms with E-state index in [9.17, 15) is 22.8 Å². The average molecular weight is 276 g/mol. The third kappa shape index (κ3) is 4.61. The van der Waals surface area contributed by atoms with Crippen LogP contribution in [-0.4, -0.2) is 25.2 Å². The Morgan fingerprint density at radius 3 is 2.58 bits per heavy atom. The Morgan fingerprint density at radius 1 is 1.37 bits per heavy atom. The summed E-state index contributed by atoms with van der Waals surface area (Å²) in [4.78, 5) is 22.1. The lowest BCUT2D eigenvalue weighted by molar-refractivity contribution is -0.274. The molecule has 0 amide bonds. The van der Waals surface area contributed by atoms with Crippen molar-refractivity contribution in [3.63, 3.8) is 0 Å². The number of halogens is 3. The fourth-order valence-electron chi connectivity index (χ4n) is 1.46. The second-order valence-electron chi connectivity index (χ2n) is 3.48. The highest BCUT2D eigenvalue weighted by atomic mass is 19.4. The van der Waals surface area contributed by atoms with Crippen LogP contribution in [-0.2, 0) is 16.0 Å². The van der Waals surface area contributed by atoms with Crippen LogP contribution in [0.4, 0.5) is 13.2 Å². The van der Waals surface area contributed by atoms with Crippen molar-refractivity contribution < 1.29 is 32.2 Å². The van der Waals surface area contributed by atoms with Gasteiger partial charge in [0.2, 0.25) is 0 Å². The first kappa shape index (κ1) is 15.0. The molecule has 1 aromatic carbocycles. The number of ether oxygens (including phenoxy) is 2. The number of carbonyl (C=O) groups excluding carboxylic acids is 2. The van der Waals surface area contributed by atoms with Gasteiger partial charge in [-0.05, 0) is 18.6 Å². The van der Waals surface area contributed by atoms with Gasteiger partial charge in [0.05, 0.1) is 18.6 Å². The van der Waals surface area contributed by atoms with Crippen LogP contribution < -0.4 is 4.74 Å². The van der Waals surface area contributed by atoms with Gasteiger partial charge < -0.3 is 9.47 Å². The fourth-order valence-corrected chi connectivity index (χ4v) is 1.46. The first-order valence-corrected chi connectivity index (χ1v) is 5.35. The van der Waals surface area contributed by atoms with E-state index in [0.29, 0.717) is 0 Å². The highest BCUT2D eigenvalue weighted by Gasteiger charge is 2.32. The van der Waals surface area contributed by atoms with Gasteiger partial charge >= 0.3 is 12.3 Å². The Bertz CT molecular complexity index is 469. The highest BCUT2D eigenvalue weighted by molar-refractivity contribution is 5.85. The van der Waals surface area contributed by atoms with Crippen molar-refractivity contribution >= 4 is 12.3 Å². The van der Waals surface area contributed by atoms with Crippen molar-refractivity contribution in [2.45, 2.75) is 19.7 Å². The van der Waals surface area contributed by atoms with Crippen molar-refractivity contribution in [1.29, 1.82) is 0 Å². The molecule has 0 aliphatic rings. The van der Waals surface area contributed by atoms with Crippen LogP contribution in [0.25, 0.3) is 0 Å². The number of alkyl halides is 3. The van der Waals surface area contributed by atoms with Crippen LogP contribution in [0, 0.1) is 0 Å². The second kappa shape index (κ2) is 6.21. The van der Waals surface area contributed by atoms with Crippen molar-refractivity contribution in [3.05, 3.63) is 29.3 Å². The Morgan fingerprint density at radius 2 is 2.05 bits per heavy atom. The molecule has 4 nitrogen and oxygen atoms in total. The lowest BCUT2D eigenvalue weighted by Gasteiger charge is -2.13. The molecule has 0 saturated heterocycles. The van der Waals surface area contributed by atoms with E-state index in [1.54, 1.807) is 6.92 Å². The molecule has 0 radical (unpaired) electrons. The van der Waals surface area contributed by atoms with E-state index in [2.05, 4.69) is 9.47 Å². The molecule has 0 fully saturated rings. The summed E-state index contributed by atoms with van der Waals surface area (Å²) in [6, 6.07) is 3.64. The topological polar surface area (TPSA) is 52.6 Å². The summed E-state index contributed by atoms with van der Waals surface area (Å²) in [5.74, 6) is -1.26. The number of carbonyl (C=O) groups is 2. The molecule has 104 valence electrons. The predicted molar refractivity (Wildman–Crippen MR) is 58.8 cm³/mol. The van der Waals surface area contributed by atoms with Crippen molar-refractivity contribution in [3.8, 4) is 5.75 Å². The summed E-state index contributed by atoms with van der Waals surface area (Å²) in [5, 5.41) is 0. The molecule has 0 bridgehead atoms. The minimum atomic E-state index is -4.90. The van der Waals surface area contributed by atoms with E-state index in [1.807, 2.05) is 0 Å². The summed E-state index contributed by atoms with van der Waals surface area (Å²) in [6.07, 6.45) is -4.98. The van der Waals surface area contributed by atoms with Gasteiger partial charge in [0, 0.05) is 0 Å². The van der Waals surface area contributed by atoms with Gasteiger partial charge in [-0.1, -0.05) is 12.1 Å². The van der Waals surface area contributed by atoms with Gasteiger partial charge in [-0.25, -0.2) is 0 Å². The lowest BCUT2D eigenvalue weighted by Crippen LogP contribution is -2.19. The van der Waals surface area contributed by atoms with Gasteiger partial charge in [0.15, 0.2) is 6.29 Å². The minimum absolute atomic E-state index is 0.121. The van der Waals surface area contributed by atoms with Gasteiger partial charge in [-0.15, -0.1) is 13.2 Å². The van der Waals surface area contributed by atoms with Crippen molar-refractivity contribution in [2.75, 3.05) is 6.61 Å². The average Bonchev–Trinajstić information content (AvgIpc) is 2.27. The minimum Gasteiger partial charge on any atom is -0.466 e. The molecule has 0 aliphatic carbocycles. The SMILES string of the molecule is CCOC(=O)Cc1cccc(OC(F)(F)F)c1C=O. The number of aldehydes is 1. The van der Waals surface area contributed by atoms with Gasteiger partial charge in [0.1, 0.15) is 5.75 Å². The Kier molecular flexibility index (Phi) is 4.91. The molecule has 0 spiro atoms. The van der Waals surface area contributed by atoms with Crippen LogP contribution in [0.2, 0.25) is 0 Å². The van der Waals surface area contributed by atoms with Crippen LogP contribution in [0.3, 0.4) is 0 Å². The summed E-state index contributed by atoms with van der Waals surface area (Å²) in [7, 11) is 0. The maximum absolute atomic E-state index is 12.1. The Balaban J connectivity index is 3.03. The fraction of sp³-hybridized carbons (Fsp3) is 0.333. The monoisotopic (exact) mass is 276 g/mol. The third-order valence-electron chi connectivity index (χ3n) is 2.14. The first-order valence-electron chi connectivity index (χ1n) is 5.35. The molecule has 0 saturated carbocycles. The molecule has 0 N–H and O–H groups in total. The zero-order valence-electron chi connectivity index (χ0n) is 9.99. The molecule has 0 aliphatic heterocycles. The summed E-state index contributed by atoms with van der Waals surface area (Å²) in [5.41, 5.74) is -0.192. The van der Waals surface area contributed by atoms with Gasteiger partial charge in [-0.3, -0.25) is 9.59 Å². The number of rotatable bonds is 5. The lowest BCUT2D eigenvalue weighted by atomic mass is 10.0. The molecule has 19 heavy (non-hydrogen) atoms.